The number of halogens is 2. The Bertz CT molecular complexity index is 581. The molecule has 0 spiro atoms. The molecule has 1 N–H and O–H groups in total. The molecule has 0 atom stereocenters. The van der Waals surface area contributed by atoms with Gasteiger partial charge < -0.3 is 24.8 Å². The Morgan fingerprint density at radius 2 is 1.93 bits per heavy atom. The number of anilines is 1. The Hall–Kier alpha value is -1.13. The fourth-order valence-corrected chi connectivity index (χ4v) is 3.18. The average molecular weight is 507 g/mol. The Balaban J connectivity index is 0.00000392. The second-order valence-electron chi connectivity index (χ2n) is 6.81. The Kier molecular flexibility index (Phi) is 12.4. The molecule has 1 aliphatic heterocycles. The van der Waals surface area contributed by atoms with Crippen LogP contribution in [0.15, 0.2) is 29.3 Å². The molecule has 0 aromatic heterocycles. The maximum absolute atomic E-state index is 14.0. The number of likely N-dealkylation sites (N-methyl/N-ethyl adjacent to an activating group) is 1. The van der Waals surface area contributed by atoms with E-state index >= 15 is 0 Å². The topological polar surface area (TPSA) is 43.3 Å². The van der Waals surface area contributed by atoms with Crippen molar-refractivity contribution in [2.24, 2.45) is 4.99 Å². The number of guanidine groups is 1. The zero-order valence-electron chi connectivity index (χ0n) is 17.4. The summed E-state index contributed by atoms with van der Waals surface area (Å²) in [7, 11) is 3.84. The predicted molar refractivity (Wildman–Crippen MR) is 126 cm³/mol. The molecule has 28 heavy (non-hydrogen) atoms. The van der Waals surface area contributed by atoms with Crippen LogP contribution in [0.5, 0.6) is 0 Å². The van der Waals surface area contributed by atoms with Crippen LogP contribution in [0.3, 0.4) is 0 Å². The summed E-state index contributed by atoms with van der Waals surface area (Å²) in [6.07, 6.45) is 1.02. The van der Waals surface area contributed by atoms with Crippen molar-refractivity contribution in [2.75, 3.05) is 78.0 Å². The van der Waals surface area contributed by atoms with Crippen molar-refractivity contribution in [3.05, 3.63) is 30.1 Å². The highest BCUT2D eigenvalue weighted by atomic mass is 127. The summed E-state index contributed by atoms with van der Waals surface area (Å²) < 4.78 is 19.1. The maximum Gasteiger partial charge on any atom is 0.194 e. The van der Waals surface area contributed by atoms with Crippen LogP contribution >= 0.6 is 24.0 Å². The lowest BCUT2D eigenvalue weighted by molar-refractivity contribution is 0.161. The van der Waals surface area contributed by atoms with Gasteiger partial charge in [-0.25, -0.2) is 4.39 Å². The SMILES string of the molecule is CCNC(=NCCCN(C)CCOC)N1CCN(c2ccccc2F)CC1.I. The highest BCUT2D eigenvalue weighted by Crippen LogP contribution is 2.20. The molecule has 0 amide bonds. The number of hydrogen-bond acceptors (Lipinski definition) is 4. The number of nitrogens with one attached hydrogen (secondary N) is 1. The van der Waals surface area contributed by atoms with Gasteiger partial charge in [-0.3, -0.25) is 4.99 Å². The first-order valence-electron chi connectivity index (χ1n) is 9.86. The third kappa shape index (κ3) is 8.08. The monoisotopic (exact) mass is 507 g/mol. The van der Waals surface area contributed by atoms with Crippen LogP contribution in [-0.2, 0) is 4.74 Å². The third-order valence-corrected chi connectivity index (χ3v) is 4.74. The van der Waals surface area contributed by atoms with Crippen molar-refractivity contribution in [3.63, 3.8) is 0 Å². The van der Waals surface area contributed by atoms with Crippen molar-refractivity contribution >= 4 is 35.6 Å². The van der Waals surface area contributed by atoms with Gasteiger partial charge in [0.2, 0.25) is 0 Å². The van der Waals surface area contributed by atoms with Crippen molar-refractivity contribution < 1.29 is 9.13 Å². The molecule has 1 aliphatic rings. The largest absolute Gasteiger partial charge is 0.383 e. The van der Waals surface area contributed by atoms with Gasteiger partial charge in [0.05, 0.1) is 12.3 Å². The van der Waals surface area contributed by atoms with Gasteiger partial charge >= 0.3 is 0 Å². The lowest BCUT2D eigenvalue weighted by Crippen LogP contribution is -2.52. The summed E-state index contributed by atoms with van der Waals surface area (Å²) in [6, 6.07) is 7.00. The number of methoxy groups -OCH3 is 1. The number of ether oxygens (including phenoxy) is 1. The minimum Gasteiger partial charge on any atom is -0.383 e. The van der Waals surface area contributed by atoms with E-state index in [-0.39, 0.29) is 29.8 Å². The van der Waals surface area contributed by atoms with Crippen LogP contribution in [0.2, 0.25) is 0 Å². The molecule has 0 aliphatic carbocycles. The molecule has 0 bridgehead atoms. The molecule has 1 saturated heterocycles. The first-order chi connectivity index (χ1) is 13.2. The summed E-state index contributed by atoms with van der Waals surface area (Å²) >= 11 is 0. The lowest BCUT2D eigenvalue weighted by atomic mass is 10.2. The van der Waals surface area contributed by atoms with Gasteiger partial charge in [-0.15, -0.1) is 24.0 Å². The third-order valence-electron chi connectivity index (χ3n) is 4.74. The highest BCUT2D eigenvalue weighted by molar-refractivity contribution is 14.0. The first kappa shape index (κ1) is 24.9. The molecule has 1 aromatic carbocycles. The van der Waals surface area contributed by atoms with Gasteiger partial charge in [0, 0.05) is 52.9 Å². The van der Waals surface area contributed by atoms with Crippen molar-refractivity contribution in [2.45, 2.75) is 13.3 Å². The Morgan fingerprint density at radius 1 is 1.21 bits per heavy atom. The normalized spacial score (nSPS) is 15.0. The molecular weight excluding hydrogens is 472 g/mol. The van der Waals surface area contributed by atoms with Gasteiger partial charge in [0.1, 0.15) is 5.82 Å². The summed E-state index contributed by atoms with van der Waals surface area (Å²) in [4.78, 5) is 11.4. The van der Waals surface area contributed by atoms with Gasteiger partial charge in [0.15, 0.2) is 5.96 Å². The fourth-order valence-electron chi connectivity index (χ4n) is 3.18. The standard InChI is InChI=1S/C20H34FN5O.HI/c1-4-22-20(23-10-7-11-24(2)16-17-27-3)26-14-12-25(13-15-26)19-9-6-5-8-18(19)21;/h5-6,8-9H,4,7,10-17H2,1-3H3,(H,22,23);1H. The second kappa shape index (κ2) is 13.9. The Morgan fingerprint density at radius 3 is 2.57 bits per heavy atom. The number of aliphatic imine (C=N–C) groups is 1. The van der Waals surface area contributed by atoms with Gasteiger partial charge in [-0.2, -0.15) is 0 Å². The zero-order chi connectivity index (χ0) is 19.5. The zero-order valence-corrected chi connectivity index (χ0v) is 19.7. The van der Waals surface area contributed by atoms with E-state index in [1.54, 1.807) is 13.2 Å². The minimum atomic E-state index is -0.149. The molecule has 1 aromatic rings. The predicted octanol–water partition coefficient (Wildman–Crippen LogP) is 2.50. The minimum absolute atomic E-state index is 0. The van der Waals surface area contributed by atoms with Crippen LogP contribution in [0.1, 0.15) is 13.3 Å². The first-order valence-corrected chi connectivity index (χ1v) is 9.86. The van der Waals surface area contributed by atoms with Crippen LogP contribution < -0.4 is 10.2 Å². The van der Waals surface area contributed by atoms with Crippen LogP contribution in [0, 0.1) is 5.82 Å². The molecule has 8 heteroatoms. The average Bonchev–Trinajstić information content (AvgIpc) is 2.69. The summed E-state index contributed by atoms with van der Waals surface area (Å²) in [6.45, 7) is 9.72. The molecular formula is C20H35FIN5O. The van der Waals surface area contributed by atoms with Gasteiger partial charge in [-0.1, -0.05) is 12.1 Å². The van der Waals surface area contributed by atoms with Crippen LogP contribution in [0.4, 0.5) is 10.1 Å². The second-order valence-corrected chi connectivity index (χ2v) is 6.81. The van der Waals surface area contributed by atoms with Crippen molar-refractivity contribution in [1.29, 1.82) is 0 Å². The van der Waals surface area contributed by atoms with E-state index in [0.29, 0.717) is 5.69 Å². The molecule has 2 rings (SSSR count). The van der Waals surface area contributed by atoms with Crippen molar-refractivity contribution in [1.82, 2.24) is 15.1 Å². The number of nitrogens with zero attached hydrogens (tertiary/aromatic N) is 4. The maximum atomic E-state index is 14.0. The Labute approximate surface area is 186 Å². The molecule has 0 unspecified atom stereocenters. The molecule has 160 valence electrons. The summed E-state index contributed by atoms with van der Waals surface area (Å²) in [5, 5.41) is 3.39. The summed E-state index contributed by atoms with van der Waals surface area (Å²) in [5.74, 6) is 0.814. The lowest BCUT2D eigenvalue weighted by Gasteiger charge is -2.37. The van der Waals surface area contributed by atoms with E-state index in [9.17, 15) is 4.39 Å². The van der Waals surface area contributed by atoms with Gasteiger partial charge in [0.25, 0.3) is 0 Å². The van der Waals surface area contributed by atoms with E-state index in [1.807, 2.05) is 12.1 Å². The molecule has 1 heterocycles. The smallest absolute Gasteiger partial charge is 0.194 e. The van der Waals surface area contributed by atoms with E-state index < -0.39 is 0 Å². The van der Waals surface area contributed by atoms with Crippen LogP contribution in [0.25, 0.3) is 0 Å². The molecule has 0 saturated carbocycles. The number of rotatable bonds is 9. The van der Waals surface area contributed by atoms with E-state index in [4.69, 9.17) is 9.73 Å². The fraction of sp³-hybridized carbons (Fsp3) is 0.650. The van der Waals surface area contributed by atoms with Crippen molar-refractivity contribution in [3.8, 4) is 0 Å². The van der Waals surface area contributed by atoms with E-state index in [0.717, 1.165) is 71.3 Å². The quantitative estimate of drug-likeness (QED) is 0.241. The van der Waals surface area contributed by atoms with Crippen LogP contribution in [-0.4, -0.2) is 88.9 Å². The van der Waals surface area contributed by atoms with E-state index in [1.165, 1.54) is 6.07 Å². The number of para-hydroxylation sites is 1. The molecule has 0 radical (unpaired) electrons. The van der Waals surface area contributed by atoms with Gasteiger partial charge in [-0.05, 0) is 39.1 Å². The molecule has 1 fully saturated rings. The molecule has 6 nitrogen and oxygen atoms in total. The number of piperazine rings is 1. The number of benzene rings is 1. The number of hydrogen-bond donors (Lipinski definition) is 1. The summed E-state index contributed by atoms with van der Waals surface area (Å²) in [5.41, 5.74) is 0.693. The highest BCUT2D eigenvalue weighted by Gasteiger charge is 2.21. The van der Waals surface area contributed by atoms with E-state index in [2.05, 4.69) is 34.0 Å².